The molecule has 0 saturated heterocycles. The van der Waals surface area contributed by atoms with E-state index in [1.807, 2.05) is 20.8 Å². The van der Waals surface area contributed by atoms with Crippen LogP contribution in [0, 0.1) is 0 Å². The third-order valence-corrected chi connectivity index (χ3v) is 5.74. The van der Waals surface area contributed by atoms with E-state index in [0.717, 1.165) is 12.8 Å². The second-order valence-corrected chi connectivity index (χ2v) is 10.8. The first-order valence-corrected chi connectivity index (χ1v) is 15.2. The first-order chi connectivity index (χ1) is 19.3. The zero-order valence-electron chi connectivity index (χ0n) is 26.2. The quantitative estimate of drug-likeness (QED) is 0.0893. The lowest BCUT2D eigenvalue weighted by Gasteiger charge is -2.24. The van der Waals surface area contributed by atoms with E-state index in [0.29, 0.717) is 79.0 Å². The van der Waals surface area contributed by atoms with Crippen molar-refractivity contribution < 1.29 is 42.7 Å². The highest BCUT2D eigenvalue weighted by Crippen LogP contribution is 2.11. The van der Waals surface area contributed by atoms with E-state index in [1.165, 1.54) is 49.8 Å². The van der Waals surface area contributed by atoms with Crippen molar-refractivity contribution in [3.8, 4) is 0 Å². The summed E-state index contributed by atoms with van der Waals surface area (Å²) in [5.74, 6) is -0.139. The molecule has 10 heteroatoms. The van der Waals surface area contributed by atoms with Crippen LogP contribution in [0.15, 0.2) is 0 Å². The Morgan fingerprint density at radius 3 is 1.43 bits per heavy atom. The van der Waals surface area contributed by atoms with Gasteiger partial charge in [0.15, 0.2) is 0 Å². The molecular weight excluding hydrogens is 518 g/mol. The van der Waals surface area contributed by atoms with Gasteiger partial charge < -0.3 is 38.1 Å². The van der Waals surface area contributed by atoms with E-state index >= 15 is 0 Å². The Morgan fingerprint density at radius 2 is 0.975 bits per heavy atom. The Hall–Kier alpha value is -1.46. The number of unbranched alkanes of at least 4 members (excludes halogenated alkanes) is 8. The van der Waals surface area contributed by atoms with Crippen LogP contribution in [0.1, 0.15) is 91.9 Å². The van der Waals surface area contributed by atoms with Gasteiger partial charge >= 0.3 is 12.1 Å². The Morgan fingerprint density at radius 1 is 0.575 bits per heavy atom. The van der Waals surface area contributed by atoms with E-state index in [9.17, 15) is 9.59 Å². The van der Waals surface area contributed by atoms with Crippen LogP contribution >= 0.6 is 0 Å². The summed E-state index contributed by atoms with van der Waals surface area (Å²) in [5, 5.41) is 0. The maximum Gasteiger partial charge on any atom is 0.410 e. The third kappa shape index (κ3) is 29.5. The van der Waals surface area contributed by atoms with Crippen LogP contribution < -0.4 is 0 Å². The molecule has 0 heterocycles. The highest BCUT2D eigenvalue weighted by Gasteiger charge is 2.19. The topological polar surface area (TPSA) is 102 Å². The summed E-state index contributed by atoms with van der Waals surface area (Å²) in [7, 11) is 1.68. The number of esters is 1. The minimum atomic E-state index is -0.506. The molecule has 10 nitrogen and oxygen atoms in total. The first-order valence-electron chi connectivity index (χ1n) is 15.2. The van der Waals surface area contributed by atoms with E-state index < -0.39 is 5.60 Å². The average Bonchev–Trinajstić information content (AvgIpc) is 2.90. The van der Waals surface area contributed by atoms with Crippen molar-refractivity contribution in [3.05, 3.63) is 0 Å². The van der Waals surface area contributed by atoms with Crippen LogP contribution in [0.4, 0.5) is 4.79 Å². The maximum absolute atomic E-state index is 11.8. The van der Waals surface area contributed by atoms with Crippen molar-refractivity contribution in [2.75, 3.05) is 86.3 Å². The highest BCUT2D eigenvalue weighted by molar-refractivity contribution is 5.69. The fraction of sp³-hybridized carbons (Fsp3) is 0.933. The van der Waals surface area contributed by atoms with Gasteiger partial charge in [-0.15, -0.1) is 0 Å². The van der Waals surface area contributed by atoms with E-state index in [1.54, 1.807) is 7.05 Å². The Labute approximate surface area is 243 Å². The number of rotatable bonds is 28. The summed E-state index contributed by atoms with van der Waals surface area (Å²) in [6.07, 6.45) is 11.2. The number of carbonyl (C=O) groups is 2. The smallest absolute Gasteiger partial charge is 0.410 e. The maximum atomic E-state index is 11.8. The standard InChI is InChI=1S/C30H59NO9/c1-6-7-8-9-10-11-12-13-14-15-28(32)39-27-26-38-25-24-37-23-22-36-21-20-35-19-18-34-17-16-31(5)29(33)40-30(2,3)4/h6-27H2,1-5H3. The molecule has 0 aromatic carbocycles. The number of ether oxygens (including phenoxy) is 7. The number of carbonyl (C=O) groups excluding carboxylic acids is 2. The predicted octanol–water partition coefficient (Wildman–Crippen LogP) is 5.40. The molecule has 0 aliphatic rings. The van der Waals surface area contributed by atoms with Crippen LogP contribution in [0.2, 0.25) is 0 Å². The summed E-state index contributed by atoms with van der Waals surface area (Å²) in [5.41, 5.74) is -0.506. The van der Waals surface area contributed by atoms with Gasteiger partial charge in [0.1, 0.15) is 12.2 Å². The molecule has 0 aliphatic carbocycles. The molecule has 40 heavy (non-hydrogen) atoms. The molecule has 0 radical (unpaired) electrons. The molecule has 0 rings (SSSR count). The SMILES string of the molecule is CCCCCCCCCCCC(=O)OCCOCCOCCOCCOCCOCCN(C)C(=O)OC(C)(C)C. The normalized spacial score (nSPS) is 11.5. The highest BCUT2D eigenvalue weighted by atomic mass is 16.6. The Bertz CT molecular complexity index is 584. The van der Waals surface area contributed by atoms with Crippen LogP contribution in [0.3, 0.4) is 0 Å². The van der Waals surface area contributed by atoms with Crippen LogP contribution in [0.5, 0.6) is 0 Å². The van der Waals surface area contributed by atoms with E-state index in [2.05, 4.69) is 6.92 Å². The van der Waals surface area contributed by atoms with Gasteiger partial charge in [-0.1, -0.05) is 58.3 Å². The van der Waals surface area contributed by atoms with Gasteiger partial charge in [-0.3, -0.25) is 4.79 Å². The van der Waals surface area contributed by atoms with Crippen molar-refractivity contribution in [3.63, 3.8) is 0 Å². The lowest BCUT2D eigenvalue weighted by atomic mass is 10.1. The van der Waals surface area contributed by atoms with E-state index in [-0.39, 0.29) is 18.7 Å². The number of amides is 1. The summed E-state index contributed by atoms with van der Waals surface area (Å²) < 4.78 is 37.7. The Balaban J connectivity index is 3.26. The fourth-order valence-electron chi connectivity index (χ4n) is 3.48. The number of hydrogen-bond acceptors (Lipinski definition) is 9. The second-order valence-electron chi connectivity index (χ2n) is 10.8. The average molecular weight is 578 g/mol. The minimum absolute atomic E-state index is 0.139. The molecule has 0 fully saturated rings. The van der Waals surface area contributed by atoms with Gasteiger partial charge in [0.25, 0.3) is 0 Å². The second kappa shape index (κ2) is 27.7. The minimum Gasteiger partial charge on any atom is -0.463 e. The van der Waals surface area contributed by atoms with Crippen molar-refractivity contribution in [2.45, 2.75) is 97.5 Å². The molecule has 0 bridgehead atoms. The fourth-order valence-corrected chi connectivity index (χ4v) is 3.48. The summed E-state index contributed by atoms with van der Waals surface area (Å²) >= 11 is 0. The molecule has 0 unspecified atom stereocenters. The van der Waals surface area contributed by atoms with E-state index in [4.69, 9.17) is 33.2 Å². The molecule has 0 N–H and O–H groups in total. The summed E-state index contributed by atoms with van der Waals surface area (Å²) in [6.45, 7) is 13.0. The summed E-state index contributed by atoms with van der Waals surface area (Å²) in [4.78, 5) is 25.1. The molecule has 0 atom stereocenters. The zero-order chi connectivity index (χ0) is 29.7. The number of nitrogens with zero attached hydrogens (tertiary/aromatic N) is 1. The van der Waals surface area contributed by atoms with Crippen molar-refractivity contribution in [2.24, 2.45) is 0 Å². The van der Waals surface area contributed by atoms with Crippen LogP contribution in [-0.4, -0.2) is 109 Å². The molecule has 0 spiro atoms. The molecule has 238 valence electrons. The van der Waals surface area contributed by atoms with Gasteiger partial charge in [-0.25, -0.2) is 4.79 Å². The van der Waals surface area contributed by atoms with Crippen LogP contribution in [-0.2, 0) is 38.0 Å². The van der Waals surface area contributed by atoms with Gasteiger partial charge in [0.2, 0.25) is 0 Å². The Kier molecular flexibility index (Phi) is 26.7. The van der Waals surface area contributed by atoms with Crippen molar-refractivity contribution in [1.29, 1.82) is 0 Å². The molecule has 0 aliphatic heterocycles. The molecule has 0 aromatic heterocycles. The number of hydrogen-bond donors (Lipinski definition) is 0. The lowest BCUT2D eigenvalue weighted by molar-refractivity contribution is -0.145. The monoisotopic (exact) mass is 577 g/mol. The van der Waals surface area contributed by atoms with Gasteiger partial charge in [0, 0.05) is 20.0 Å². The van der Waals surface area contributed by atoms with Gasteiger partial charge in [0.05, 0.1) is 66.1 Å². The molecule has 0 aromatic rings. The number of likely N-dealkylation sites (N-methyl/N-ethyl adjacent to an activating group) is 1. The largest absolute Gasteiger partial charge is 0.463 e. The van der Waals surface area contributed by atoms with Gasteiger partial charge in [-0.05, 0) is 27.2 Å². The first kappa shape index (κ1) is 38.5. The van der Waals surface area contributed by atoms with Gasteiger partial charge in [-0.2, -0.15) is 0 Å². The lowest BCUT2D eigenvalue weighted by Crippen LogP contribution is -2.36. The summed E-state index contributed by atoms with van der Waals surface area (Å²) in [6, 6.07) is 0. The zero-order valence-corrected chi connectivity index (χ0v) is 26.2. The van der Waals surface area contributed by atoms with Crippen LogP contribution in [0.25, 0.3) is 0 Å². The predicted molar refractivity (Wildman–Crippen MR) is 156 cm³/mol. The van der Waals surface area contributed by atoms with Crippen molar-refractivity contribution >= 4 is 12.1 Å². The third-order valence-electron chi connectivity index (χ3n) is 5.74. The van der Waals surface area contributed by atoms with Crippen molar-refractivity contribution in [1.82, 2.24) is 4.90 Å². The molecular formula is C30H59NO9. The molecule has 0 saturated carbocycles. The molecule has 1 amide bonds.